The van der Waals surface area contributed by atoms with Gasteiger partial charge < -0.3 is 0 Å². The number of nitrogens with zero attached hydrogens (tertiary/aromatic N) is 3. The van der Waals surface area contributed by atoms with Crippen LogP contribution >= 0.6 is 22.9 Å². The van der Waals surface area contributed by atoms with Gasteiger partial charge in [-0.2, -0.15) is 0 Å². The van der Waals surface area contributed by atoms with E-state index in [0.29, 0.717) is 16.7 Å². The molecule has 0 aliphatic carbocycles. The molecule has 2 heterocycles. The minimum absolute atomic E-state index is 0.0901. The zero-order chi connectivity index (χ0) is 23.4. The number of aromatic nitrogens is 2. The third-order valence-corrected chi connectivity index (χ3v) is 8.53. The minimum Gasteiger partial charge on any atom is -0.284 e. The number of rotatable bonds is 8. The van der Waals surface area contributed by atoms with Crippen molar-refractivity contribution in [2.75, 3.05) is 10.7 Å². The van der Waals surface area contributed by atoms with Gasteiger partial charge >= 0.3 is 0 Å². The number of sulfone groups is 1. The molecule has 0 saturated heterocycles. The van der Waals surface area contributed by atoms with Crippen molar-refractivity contribution < 1.29 is 13.2 Å². The molecule has 0 fully saturated rings. The molecule has 0 N–H and O–H groups in total. The molecule has 0 radical (unpaired) electrons. The molecule has 4 rings (SSSR count). The maximum absolute atomic E-state index is 13.3. The van der Waals surface area contributed by atoms with Gasteiger partial charge in [0.05, 0.1) is 27.4 Å². The quantitative estimate of drug-likeness (QED) is 0.322. The van der Waals surface area contributed by atoms with E-state index < -0.39 is 9.84 Å². The van der Waals surface area contributed by atoms with Crippen LogP contribution in [0.5, 0.6) is 0 Å². The van der Waals surface area contributed by atoms with E-state index >= 15 is 0 Å². The Morgan fingerprint density at radius 3 is 2.52 bits per heavy atom. The monoisotopic (exact) mass is 499 g/mol. The van der Waals surface area contributed by atoms with Crippen LogP contribution in [0.3, 0.4) is 0 Å². The first-order valence-corrected chi connectivity index (χ1v) is 13.2. The van der Waals surface area contributed by atoms with Crippen molar-refractivity contribution in [2.45, 2.75) is 31.2 Å². The van der Waals surface area contributed by atoms with E-state index in [4.69, 9.17) is 16.6 Å². The molecule has 4 aromatic rings. The van der Waals surface area contributed by atoms with Crippen LogP contribution in [0.15, 0.2) is 71.9 Å². The summed E-state index contributed by atoms with van der Waals surface area (Å²) < 4.78 is 26.1. The summed E-state index contributed by atoms with van der Waals surface area (Å²) in [6.07, 6.45) is 3.66. The topological polar surface area (TPSA) is 80.2 Å². The molecule has 0 saturated carbocycles. The second-order valence-corrected chi connectivity index (χ2v) is 11.1. The molecule has 0 spiro atoms. The molecule has 0 bridgehead atoms. The number of halogens is 1. The number of fused-ring (bicyclic) bond motifs is 1. The Hall–Kier alpha value is -2.81. The van der Waals surface area contributed by atoms with Crippen molar-refractivity contribution in [3.8, 4) is 0 Å². The first-order valence-electron chi connectivity index (χ1n) is 10.4. The summed E-state index contributed by atoms with van der Waals surface area (Å²) >= 11 is 7.66. The van der Waals surface area contributed by atoms with Crippen molar-refractivity contribution in [2.24, 2.45) is 0 Å². The third-order valence-electron chi connectivity index (χ3n) is 5.26. The average Bonchev–Trinajstić information content (AvgIpc) is 3.26. The summed E-state index contributed by atoms with van der Waals surface area (Å²) in [6.45, 7) is 2.22. The molecular formula is C24H22ClN3O3S2. The Morgan fingerprint density at radius 2 is 1.79 bits per heavy atom. The van der Waals surface area contributed by atoms with Crippen LogP contribution in [-0.2, 0) is 21.2 Å². The average molecular weight is 500 g/mol. The standard InChI is InChI=1S/C24H22ClN3O3S2/c1-17-20(25)9-10-21-23(17)27-24(32-21)28(16-18-11-13-26-14-12-18)22(29)8-5-15-33(30,31)19-6-3-2-4-7-19/h2-4,6-7,9-14H,5,8,15-16H2,1H3. The highest BCUT2D eigenvalue weighted by molar-refractivity contribution is 7.91. The highest BCUT2D eigenvalue weighted by atomic mass is 35.5. The third kappa shape index (κ3) is 5.40. The largest absolute Gasteiger partial charge is 0.284 e. The van der Waals surface area contributed by atoms with Crippen molar-refractivity contribution >= 4 is 54.0 Å². The van der Waals surface area contributed by atoms with Gasteiger partial charge in [0, 0.05) is 23.8 Å². The van der Waals surface area contributed by atoms with Gasteiger partial charge in [-0.15, -0.1) is 0 Å². The molecule has 170 valence electrons. The number of benzene rings is 2. The predicted octanol–water partition coefficient (Wildman–Crippen LogP) is 5.44. The second kappa shape index (κ2) is 9.99. The Labute approximate surface area is 201 Å². The molecule has 0 aliphatic heterocycles. The van der Waals surface area contributed by atoms with Gasteiger partial charge in [-0.3, -0.25) is 14.7 Å². The highest BCUT2D eigenvalue weighted by Gasteiger charge is 2.22. The Balaban J connectivity index is 1.56. The fourth-order valence-electron chi connectivity index (χ4n) is 3.43. The SMILES string of the molecule is Cc1c(Cl)ccc2sc(N(Cc3ccncc3)C(=O)CCCS(=O)(=O)c3ccccc3)nc12. The second-order valence-electron chi connectivity index (χ2n) is 7.59. The molecule has 0 atom stereocenters. The van der Waals surface area contributed by atoms with Crippen LogP contribution in [-0.4, -0.2) is 30.0 Å². The predicted molar refractivity (Wildman–Crippen MR) is 133 cm³/mol. The van der Waals surface area contributed by atoms with Crippen molar-refractivity contribution in [1.29, 1.82) is 0 Å². The zero-order valence-corrected chi connectivity index (χ0v) is 20.3. The molecular weight excluding hydrogens is 478 g/mol. The van der Waals surface area contributed by atoms with Gasteiger partial charge in [-0.1, -0.05) is 41.1 Å². The molecule has 0 aliphatic rings. The van der Waals surface area contributed by atoms with Crippen LogP contribution in [0.1, 0.15) is 24.0 Å². The lowest BCUT2D eigenvalue weighted by molar-refractivity contribution is -0.118. The van der Waals surface area contributed by atoms with Gasteiger partial charge in [-0.05, 0) is 60.9 Å². The Bertz CT molecular complexity index is 1370. The summed E-state index contributed by atoms with van der Waals surface area (Å²) in [5.74, 6) is -0.279. The fraction of sp³-hybridized carbons (Fsp3) is 0.208. The number of hydrogen-bond acceptors (Lipinski definition) is 6. The van der Waals surface area contributed by atoms with E-state index in [1.54, 1.807) is 47.6 Å². The molecule has 33 heavy (non-hydrogen) atoms. The van der Waals surface area contributed by atoms with Gasteiger partial charge in [-0.25, -0.2) is 13.4 Å². The van der Waals surface area contributed by atoms with Crippen LogP contribution < -0.4 is 4.90 Å². The number of aryl methyl sites for hydroxylation is 1. The first-order chi connectivity index (χ1) is 15.8. The molecule has 9 heteroatoms. The van der Waals surface area contributed by atoms with Crippen molar-refractivity contribution in [3.63, 3.8) is 0 Å². The lowest BCUT2D eigenvalue weighted by Gasteiger charge is -2.20. The van der Waals surface area contributed by atoms with Crippen LogP contribution in [0, 0.1) is 6.92 Å². The van der Waals surface area contributed by atoms with Gasteiger partial charge in [0.1, 0.15) is 0 Å². The number of carbonyl (C=O) groups excluding carboxylic acids is 1. The highest BCUT2D eigenvalue weighted by Crippen LogP contribution is 2.34. The lowest BCUT2D eigenvalue weighted by Crippen LogP contribution is -2.30. The Kier molecular flexibility index (Phi) is 7.07. The van der Waals surface area contributed by atoms with Crippen LogP contribution in [0.4, 0.5) is 5.13 Å². The lowest BCUT2D eigenvalue weighted by atomic mass is 10.2. The van der Waals surface area contributed by atoms with Gasteiger partial charge in [0.25, 0.3) is 0 Å². The van der Waals surface area contributed by atoms with Crippen LogP contribution in [0.25, 0.3) is 10.2 Å². The number of pyridine rings is 1. The number of amides is 1. The summed E-state index contributed by atoms with van der Waals surface area (Å²) in [5.41, 5.74) is 2.54. The molecule has 2 aromatic carbocycles. The van der Waals surface area contributed by atoms with E-state index in [-0.39, 0.29) is 29.4 Å². The molecule has 1 amide bonds. The van der Waals surface area contributed by atoms with E-state index in [0.717, 1.165) is 21.3 Å². The maximum Gasteiger partial charge on any atom is 0.229 e. The summed E-state index contributed by atoms with van der Waals surface area (Å²) in [7, 11) is -3.44. The Morgan fingerprint density at radius 1 is 1.06 bits per heavy atom. The smallest absolute Gasteiger partial charge is 0.229 e. The van der Waals surface area contributed by atoms with E-state index in [1.807, 2.05) is 31.2 Å². The van der Waals surface area contributed by atoms with Crippen molar-refractivity contribution in [1.82, 2.24) is 9.97 Å². The number of anilines is 1. The minimum atomic E-state index is -3.44. The maximum atomic E-state index is 13.3. The summed E-state index contributed by atoms with van der Waals surface area (Å²) in [4.78, 5) is 23.9. The molecule has 6 nitrogen and oxygen atoms in total. The van der Waals surface area contributed by atoms with E-state index in [2.05, 4.69) is 4.98 Å². The zero-order valence-electron chi connectivity index (χ0n) is 17.9. The summed E-state index contributed by atoms with van der Waals surface area (Å²) in [6, 6.07) is 15.7. The normalized spacial score (nSPS) is 11.6. The molecule has 2 aromatic heterocycles. The van der Waals surface area contributed by atoms with E-state index in [9.17, 15) is 13.2 Å². The number of hydrogen-bond donors (Lipinski definition) is 0. The number of carbonyl (C=O) groups is 1. The number of thiazole rings is 1. The van der Waals surface area contributed by atoms with Crippen LogP contribution in [0.2, 0.25) is 5.02 Å². The van der Waals surface area contributed by atoms with E-state index in [1.165, 1.54) is 11.3 Å². The van der Waals surface area contributed by atoms with Gasteiger partial charge in [0.2, 0.25) is 5.91 Å². The molecule has 0 unspecified atom stereocenters. The fourth-order valence-corrected chi connectivity index (χ4v) is 5.96. The first kappa shape index (κ1) is 23.4. The van der Waals surface area contributed by atoms with Crippen molar-refractivity contribution in [3.05, 3.63) is 83.1 Å². The summed E-state index contributed by atoms with van der Waals surface area (Å²) in [5, 5.41) is 1.18. The van der Waals surface area contributed by atoms with Gasteiger partial charge in [0.15, 0.2) is 15.0 Å².